The normalized spacial score (nSPS) is 11.8. The van der Waals surface area contributed by atoms with Crippen molar-refractivity contribution in [3.63, 3.8) is 0 Å². The first-order valence-corrected chi connectivity index (χ1v) is 8.41. The molecule has 23 heavy (non-hydrogen) atoms. The zero-order valence-corrected chi connectivity index (χ0v) is 14.8. The second kappa shape index (κ2) is 7.73. The lowest BCUT2D eigenvalue weighted by Gasteiger charge is -2.26. The van der Waals surface area contributed by atoms with E-state index in [0.29, 0.717) is 24.6 Å². The molecular weight excluding hydrogens is 311 g/mol. The average molecular weight is 332 g/mol. The van der Waals surface area contributed by atoms with Crippen LogP contribution in [0.1, 0.15) is 30.8 Å². The number of ether oxygens (including phenoxy) is 2. The van der Waals surface area contributed by atoms with Crippen molar-refractivity contribution in [2.75, 3.05) is 13.2 Å². The third kappa shape index (κ3) is 3.99. The summed E-state index contributed by atoms with van der Waals surface area (Å²) in [6.45, 7) is 8.37. The molecule has 1 aromatic carbocycles. The fourth-order valence-electron chi connectivity index (χ4n) is 2.39. The quantitative estimate of drug-likeness (QED) is 0.561. The number of aromatic nitrogens is 2. The Morgan fingerprint density at radius 3 is 1.96 bits per heavy atom. The second-order valence-electron chi connectivity index (χ2n) is 5.09. The highest BCUT2D eigenvalue weighted by molar-refractivity contribution is 7.24. The van der Waals surface area contributed by atoms with Crippen molar-refractivity contribution in [2.24, 2.45) is 0 Å². The Bertz CT molecular complexity index is 648. The number of aryl methyl sites for hydroxylation is 2. The Kier molecular flexibility index (Phi) is 5.94. The highest BCUT2D eigenvalue weighted by Crippen LogP contribution is 2.38. The SMILES string of the molecule is CCOC(OCC)(P=O)c1ccc(-c2nc(C)cc(C)n2)cc1. The zero-order valence-electron chi connectivity index (χ0n) is 13.9. The van der Waals surface area contributed by atoms with Crippen molar-refractivity contribution >= 4 is 8.46 Å². The molecule has 0 radical (unpaired) electrons. The minimum atomic E-state index is -1.26. The Labute approximate surface area is 138 Å². The maximum absolute atomic E-state index is 11.7. The first-order chi connectivity index (χ1) is 11.0. The van der Waals surface area contributed by atoms with Crippen LogP contribution in [0.4, 0.5) is 0 Å². The lowest BCUT2D eigenvalue weighted by Crippen LogP contribution is -2.27. The van der Waals surface area contributed by atoms with Gasteiger partial charge in [0.15, 0.2) is 5.82 Å². The predicted octanol–water partition coefficient (Wildman–Crippen LogP) is 4.24. The van der Waals surface area contributed by atoms with Gasteiger partial charge in [-0.15, -0.1) is 0 Å². The molecule has 0 aliphatic heterocycles. The fraction of sp³-hybridized carbons (Fsp3) is 0.412. The highest BCUT2D eigenvalue weighted by atomic mass is 31.1. The predicted molar refractivity (Wildman–Crippen MR) is 89.5 cm³/mol. The molecule has 122 valence electrons. The smallest absolute Gasteiger partial charge is 0.278 e. The molecule has 1 heterocycles. The van der Waals surface area contributed by atoms with Crippen molar-refractivity contribution < 1.29 is 14.0 Å². The van der Waals surface area contributed by atoms with Crippen LogP contribution >= 0.6 is 8.46 Å². The van der Waals surface area contributed by atoms with Crippen molar-refractivity contribution in [1.29, 1.82) is 0 Å². The molecule has 0 spiro atoms. The summed E-state index contributed by atoms with van der Waals surface area (Å²) >= 11 is 0. The summed E-state index contributed by atoms with van der Waals surface area (Å²) in [6.07, 6.45) is 0. The minimum Gasteiger partial charge on any atom is -0.337 e. The maximum Gasteiger partial charge on any atom is 0.278 e. The first kappa shape index (κ1) is 17.7. The Balaban J connectivity index is 2.38. The molecule has 0 atom stereocenters. The first-order valence-electron chi connectivity index (χ1n) is 7.60. The molecule has 0 saturated heterocycles. The lowest BCUT2D eigenvalue weighted by atomic mass is 10.1. The molecule has 0 aliphatic carbocycles. The van der Waals surface area contributed by atoms with Gasteiger partial charge in [0.05, 0.1) is 0 Å². The topological polar surface area (TPSA) is 61.3 Å². The fourth-order valence-corrected chi connectivity index (χ4v) is 3.01. The van der Waals surface area contributed by atoms with Crippen LogP contribution in [0.15, 0.2) is 30.3 Å². The summed E-state index contributed by atoms with van der Waals surface area (Å²) in [6, 6.07) is 9.39. The van der Waals surface area contributed by atoms with Crippen LogP contribution in [0, 0.1) is 13.8 Å². The summed E-state index contributed by atoms with van der Waals surface area (Å²) in [5.41, 5.74) is 2.18. The Morgan fingerprint density at radius 1 is 1.00 bits per heavy atom. The minimum absolute atomic E-state index is 0.228. The van der Waals surface area contributed by atoms with Gasteiger partial charge in [0, 0.05) is 35.7 Å². The van der Waals surface area contributed by atoms with E-state index >= 15 is 0 Å². The lowest BCUT2D eigenvalue weighted by molar-refractivity contribution is -0.176. The molecule has 2 rings (SSSR count). The number of hydrogen-bond acceptors (Lipinski definition) is 5. The van der Waals surface area contributed by atoms with Gasteiger partial charge >= 0.3 is 0 Å². The number of benzene rings is 1. The molecule has 5 nitrogen and oxygen atoms in total. The van der Waals surface area contributed by atoms with Gasteiger partial charge < -0.3 is 9.47 Å². The highest BCUT2D eigenvalue weighted by Gasteiger charge is 2.35. The molecule has 0 fully saturated rings. The third-order valence-electron chi connectivity index (χ3n) is 3.29. The van der Waals surface area contributed by atoms with E-state index in [1.165, 1.54) is 0 Å². The van der Waals surface area contributed by atoms with Crippen molar-refractivity contribution in [1.82, 2.24) is 9.97 Å². The summed E-state index contributed by atoms with van der Waals surface area (Å²) in [4.78, 5) is 8.90. The van der Waals surface area contributed by atoms with E-state index in [9.17, 15) is 4.57 Å². The van der Waals surface area contributed by atoms with Crippen molar-refractivity contribution in [3.8, 4) is 11.4 Å². The van der Waals surface area contributed by atoms with Gasteiger partial charge in [-0.1, -0.05) is 24.3 Å². The van der Waals surface area contributed by atoms with Crippen LogP contribution in [0.25, 0.3) is 11.4 Å². The van der Waals surface area contributed by atoms with Crippen LogP contribution in [0.3, 0.4) is 0 Å². The largest absolute Gasteiger partial charge is 0.337 e. The summed E-state index contributed by atoms with van der Waals surface area (Å²) in [5, 5.41) is 0. The summed E-state index contributed by atoms with van der Waals surface area (Å²) in [5.74, 6) is 0.673. The van der Waals surface area contributed by atoms with Gasteiger partial charge in [-0.2, -0.15) is 0 Å². The van der Waals surface area contributed by atoms with E-state index in [1.807, 2.05) is 58.0 Å². The van der Waals surface area contributed by atoms with E-state index in [1.54, 1.807) is 0 Å². The van der Waals surface area contributed by atoms with E-state index < -0.39 is 5.53 Å². The van der Waals surface area contributed by atoms with Crippen molar-refractivity contribution in [2.45, 2.75) is 33.2 Å². The standard InChI is InChI=1S/C17H21N2O3P/c1-5-21-17(23-20,22-6-2)15-9-7-14(8-10-15)16-18-12(3)11-13(4)19-16/h7-11H,5-6H2,1-4H3. The van der Waals surface area contributed by atoms with E-state index in [-0.39, 0.29) is 8.46 Å². The molecule has 0 N–H and O–H groups in total. The van der Waals surface area contributed by atoms with Crippen LogP contribution in [-0.2, 0) is 19.6 Å². The number of rotatable bonds is 7. The Hall–Kier alpha value is -1.68. The molecule has 2 aromatic rings. The number of hydrogen-bond donors (Lipinski definition) is 0. The van der Waals surface area contributed by atoms with E-state index in [0.717, 1.165) is 17.0 Å². The van der Waals surface area contributed by atoms with Gasteiger partial charge in [-0.05, 0) is 33.8 Å². The van der Waals surface area contributed by atoms with Gasteiger partial charge in [0.1, 0.15) is 0 Å². The molecule has 1 aromatic heterocycles. The van der Waals surface area contributed by atoms with Gasteiger partial charge in [-0.25, -0.2) is 9.97 Å². The average Bonchev–Trinajstić information content (AvgIpc) is 2.54. The number of nitrogens with zero attached hydrogens (tertiary/aromatic N) is 2. The zero-order chi connectivity index (χ0) is 16.9. The van der Waals surface area contributed by atoms with Crippen molar-refractivity contribution in [3.05, 3.63) is 47.3 Å². The molecule has 0 amide bonds. The van der Waals surface area contributed by atoms with E-state index in [4.69, 9.17) is 9.47 Å². The third-order valence-corrected chi connectivity index (χ3v) is 4.05. The van der Waals surface area contributed by atoms with Crippen LogP contribution in [0.2, 0.25) is 0 Å². The van der Waals surface area contributed by atoms with E-state index in [2.05, 4.69) is 9.97 Å². The van der Waals surface area contributed by atoms with Crippen LogP contribution in [-0.4, -0.2) is 23.2 Å². The molecule has 6 heteroatoms. The molecular formula is C17H21N2O3P. The van der Waals surface area contributed by atoms with Gasteiger partial charge in [0.2, 0.25) is 8.46 Å². The monoisotopic (exact) mass is 332 g/mol. The maximum atomic E-state index is 11.7. The summed E-state index contributed by atoms with van der Waals surface area (Å²) < 4.78 is 22.9. The second-order valence-corrected chi connectivity index (χ2v) is 5.86. The molecule has 0 aliphatic rings. The van der Waals surface area contributed by atoms with Crippen LogP contribution < -0.4 is 0 Å². The Morgan fingerprint density at radius 2 is 1.52 bits per heavy atom. The molecule has 0 unspecified atom stereocenters. The van der Waals surface area contributed by atoms with Gasteiger partial charge in [-0.3, -0.25) is 4.57 Å². The molecule has 0 saturated carbocycles. The van der Waals surface area contributed by atoms with Crippen LogP contribution in [0.5, 0.6) is 0 Å². The van der Waals surface area contributed by atoms with Gasteiger partial charge in [0.25, 0.3) is 5.53 Å². The summed E-state index contributed by atoms with van der Waals surface area (Å²) in [7, 11) is -0.228. The molecule has 0 bridgehead atoms.